The Morgan fingerprint density at radius 1 is 0.765 bits per heavy atom. The van der Waals surface area contributed by atoms with Crippen LogP contribution >= 0.6 is 0 Å². The minimum absolute atomic E-state index is 0.888. The molecule has 3 atom stereocenters. The second-order valence-electron chi connectivity index (χ2n) is 5.79. The summed E-state index contributed by atoms with van der Waals surface area (Å²) in [7, 11) is -1.38. The van der Waals surface area contributed by atoms with Gasteiger partial charge in [0.15, 0.2) is 0 Å². The Morgan fingerprint density at radius 2 is 1.12 bits per heavy atom. The Hall–Kier alpha value is 0.177. The monoisotopic (exact) mass is 257 g/mol. The van der Waals surface area contributed by atoms with Crippen molar-refractivity contribution in [1.82, 2.24) is 4.98 Å². The SMILES string of the molecule is CCCN[Si](C(C)CC)(C(C)CC)C(C)CC. The zero-order valence-corrected chi connectivity index (χ0v) is 14.3. The minimum atomic E-state index is -1.38. The van der Waals surface area contributed by atoms with Crippen LogP contribution in [0.25, 0.3) is 0 Å². The van der Waals surface area contributed by atoms with E-state index >= 15 is 0 Å². The maximum Gasteiger partial charge on any atom is 0.134 e. The van der Waals surface area contributed by atoms with Crippen molar-refractivity contribution in [3.63, 3.8) is 0 Å². The predicted octanol–water partition coefficient (Wildman–Crippen LogP) is 5.33. The molecule has 0 aliphatic carbocycles. The quantitative estimate of drug-likeness (QED) is 0.550. The minimum Gasteiger partial charge on any atom is -0.336 e. The fourth-order valence-electron chi connectivity index (χ4n) is 3.33. The number of rotatable bonds is 9. The first kappa shape index (κ1) is 17.2. The van der Waals surface area contributed by atoms with Gasteiger partial charge in [-0.05, 0) is 29.6 Å². The van der Waals surface area contributed by atoms with Gasteiger partial charge in [-0.15, -0.1) is 0 Å². The van der Waals surface area contributed by atoms with Crippen LogP contribution in [-0.4, -0.2) is 14.8 Å². The summed E-state index contributed by atoms with van der Waals surface area (Å²) < 4.78 is 0. The molecule has 2 heteroatoms. The van der Waals surface area contributed by atoms with Crippen LogP contribution in [0.5, 0.6) is 0 Å². The van der Waals surface area contributed by atoms with Gasteiger partial charge in [0.2, 0.25) is 0 Å². The molecule has 0 heterocycles. The molecule has 0 amide bonds. The van der Waals surface area contributed by atoms with Crippen LogP contribution in [0.2, 0.25) is 16.6 Å². The average molecular weight is 258 g/mol. The first-order valence-electron chi connectivity index (χ1n) is 7.75. The van der Waals surface area contributed by atoms with Gasteiger partial charge in [0.1, 0.15) is 8.24 Å². The summed E-state index contributed by atoms with van der Waals surface area (Å²) in [5.74, 6) is 0. The standard InChI is InChI=1S/C15H35NSi/c1-8-12-16-17(13(5)9-2,14(6)10-3)15(7)11-4/h13-16H,8-12H2,1-7H3. The molecule has 0 rings (SSSR count). The summed E-state index contributed by atoms with van der Waals surface area (Å²) in [4.78, 5) is 4.07. The summed E-state index contributed by atoms with van der Waals surface area (Å²) in [6.07, 6.45) is 5.25. The van der Waals surface area contributed by atoms with Crippen molar-refractivity contribution in [2.45, 2.75) is 90.8 Å². The van der Waals surface area contributed by atoms with Crippen LogP contribution < -0.4 is 4.98 Å². The van der Waals surface area contributed by atoms with E-state index in [-0.39, 0.29) is 0 Å². The number of hydrogen-bond acceptors (Lipinski definition) is 1. The molecule has 0 aliphatic heterocycles. The molecule has 0 aromatic heterocycles. The van der Waals surface area contributed by atoms with Crippen molar-refractivity contribution in [2.24, 2.45) is 0 Å². The predicted molar refractivity (Wildman–Crippen MR) is 83.2 cm³/mol. The largest absolute Gasteiger partial charge is 0.336 e. The Kier molecular flexibility index (Phi) is 8.40. The van der Waals surface area contributed by atoms with Crippen LogP contribution in [0.1, 0.15) is 74.1 Å². The molecule has 17 heavy (non-hydrogen) atoms. The summed E-state index contributed by atoms with van der Waals surface area (Å²) in [5, 5.41) is 0. The molecule has 0 saturated heterocycles. The van der Waals surface area contributed by atoms with Gasteiger partial charge in [-0.25, -0.2) is 0 Å². The van der Waals surface area contributed by atoms with E-state index < -0.39 is 8.24 Å². The molecule has 0 bridgehead atoms. The van der Waals surface area contributed by atoms with Crippen LogP contribution in [0, 0.1) is 0 Å². The highest BCUT2D eigenvalue weighted by molar-refractivity contribution is 6.81. The maximum atomic E-state index is 4.07. The van der Waals surface area contributed by atoms with Crippen LogP contribution in [0.3, 0.4) is 0 Å². The lowest BCUT2D eigenvalue weighted by Crippen LogP contribution is -2.59. The second kappa shape index (κ2) is 8.31. The Balaban J connectivity index is 5.19. The zero-order chi connectivity index (χ0) is 13.5. The molecule has 1 N–H and O–H groups in total. The Labute approximate surface area is 111 Å². The van der Waals surface area contributed by atoms with Gasteiger partial charge >= 0.3 is 0 Å². The van der Waals surface area contributed by atoms with Gasteiger partial charge < -0.3 is 4.98 Å². The van der Waals surface area contributed by atoms with Crippen molar-refractivity contribution >= 4 is 8.24 Å². The van der Waals surface area contributed by atoms with E-state index in [1.54, 1.807) is 0 Å². The van der Waals surface area contributed by atoms with E-state index in [9.17, 15) is 0 Å². The van der Waals surface area contributed by atoms with Crippen LogP contribution in [0.15, 0.2) is 0 Å². The van der Waals surface area contributed by atoms with Gasteiger partial charge in [-0.2, -0.15) is 0 Å². The van der Waals surface area contributed by atoms with Crippen molar-refractivity contribution in [3.05, 3.63) is 0 Å². The van der Waals surface area contributed by atoms with Crippen molar-refractivity contribution in [2.75, 3.05) is 6.54 Å². The van der Waals surface area contributed by atoms with Gasteiger partial charge in [0, 0.05) is 0 Å². The van der Waals surface area contributed by atoms with Crippen LogP contribution in [0.4, 0.5) is 0 Å². The Bertz CT molecular complexity index is 167. The lowest BCUT2D eigenvalue weighted by molar-refractivity contribution is 0.636. The summed E-state index contributed by atoms with van der Waals surface area (Å²) in [6.45, 7) is 18.1. The lowest BCUT2D eigenvalue weighted by atomic mass is 10.3. The molecule has 0 radical (unpaired) electrons. The third-order valence-electron chi connectivity index (χ3n) is 4.96. The number of hydrogen-bond donors (Lipinski definition) is 1. The van der Waals surface area contributed by atoms with Crippen LogP contribution in [-0.2, 0) is 0 Å². The topological polar surface area (TPSA) is 12.0 Å². The maximum absolute atomic E-state index is 4.07. The highest BCUT2D eigenvalue weighted by Gasteiger charge is 2.45. The second-order valence-corrected chi connectivity index (χ2v) is 11.0. The smallest absolute Gasteiger partial charge is 0.134 e. The molecule has 3 unspecified atom stereocenters. The summed E-state index contributed by atoms with van der Waals surface area (Å²) in [6, 6.07) is 0. The van der Waals surface area contributed by atoms with E-state index in [0.29, 0.717) is 0 Å². The van der Waals surface area contributed by atoms with Gasteiger partial charge in [0.25, 0.3) is 0 Å². The van der Waals surface area contributed by atoms with Crippen molar-refractivity contribution in [3.8, 4) is 0 Å². The first-order chi connectivity index (χ1) is 8.00. The normalized spacial score (nSPS) is 20.6. The molecule has 0 spiro atoms. The molecule has 104 valence electrons. The van der Waals surface area contributed by atoms with Gasteiger partial charge in [-0.1, -0.05) is 67.7 Å². The molecule has 0 aromatic carbocycles. The Morgan fingerprint density at radius 3 is 1.35 bits per heavy atom. The molecule has 0 fully saturated rings. The lowest BCUT2D eigenvalue weighted by Gasteiger charge is -2.46. The summed E-state index contributed by atoms with van der Waals surface area (Å²) >= 11 is 0. The van der Waals surface area contributed by atoms with Gasteiger partial charge in [0.05, 0.1) is 0 Å². The molecule has 0 aromatic rings. The highest BCUT2D eigenvalue weighted by atomic mass is 28.3. The van der Waals surface area contributed by atoms with E-state index in [1.165, 1.54) is 32.2 Å². The van der Waals surface area contributed by atoms with Crippen molar-refractivity contribution < 1.29 is 0 Å². The fraction of sp³-hybridized carbons (Fsp3) is 1.00. The van der Waals surface area contributed by atoms with E-state index in [0.717, 1.165) is 16.6 Å². The van der Waals surface area contributed by atoms with Crippen molar-refractivity contribution in [1.29, 1.82) is 0 Å². The average Bonchev–Trinajstić information content (AvgIpc) is 2.37. The third kappa shape index (κ3) is 3.82. The summed E-state index contributed by atoms with van der Waals surface area (Å²) in [5.41, 5.74) is 2.66. The molecule has 0 aliphatic rings. The molecular formula is C15H35NSi. The first-order valence-corrected chi connectivity index (χ1v) is 9.99. The number of nitrogens with one attached hydrogen (secondary N) is 1. The zero-order valence-electron chi connectivity index (χ0n) is 13.3. The molecular weight excluding hydrogens is 222 g/mol. The fourth-order valence-corrected chi connectivity index (χ4v) is 10.0. The highest BCUT2D eigenvalue weighted by Crippen LogP contribution is 2.44. The molecule has 0 saturated carbocycles. The third-order valence-corrected chi connectivity index (χ3v) is 11.9. The van der Waals surface area contributed by atoms with Gasteiger partial charge in [-0.3, -0.25) is 0 Å². The van der Waals surface area contributed by atoms with E-state index in [1.807, 2.05) is 0 Å². The van der Waals surface area contributed by atoms with E-state index in [4.69, 9.17) is 0 Å². The van der Waals surface area contributed by atoms with E-state index in [2.05, 4.69) is 53.4 Å². The molecule has 1 nitrogen and oxygen atoms in total.